The largest absolute Gasteiger partial charge is 0.298 e. The molecule has 0 bridgehead atoms. The van der Waals surface area contributed by atoms with E-state index in [4.69, 9.17) is 11.6 Å². The Bertz CT molecular complexity index is 465. The summed E-state index contributed by atoms with van der Waals surface area (Å²) in [5.41, 5.74) is 1.10. The zero-order valence-corrected chi connectivity index (χ0v) is 12.0. The van der Waals surface area contributed by atoms with Crippen LogP contribution in [0.15, 0.2) is 18.2 Å². The van der Waals surface area contributed by atoms with Crippen LogP contribution in [0, 0.1) is 5.82 Å². The van der Waals surface area contributed by atoms with E-state index in [1.807, 2.05) is 6.07 Å². The van der Waals surface area contributed by atoms with Gasteiger partial charge in [-0.2, -0.15) is 0 Å². The van der Waals surface area contributed by atoms with Crippen molar-refractivity contribution in [3.8, 4) is 0 Å². The van der Waals surface area contributed by atoms with Crippen LogP contribution < -0.4 is 0 Å². The molecule has 104 valence electrons. The normalized spacial score (nSPS) is 28.6. The van der Waals surface area contributed by atoms with Crippen LogP contribution in [0.3, 0.4) is 0 Å². The van der Waals surface area contributed by atoms with E-state index in [1.54, 1.807) is 6.07 Å². The zero-order chi connectivity index (χ0) is 13.4. The highest BCUT2D eigenvalue weighted by molar-refractivity contribution is 6.30. The summed E-state index contributed by atoms with van der Waals surface area (Å²) < 4.78 is 13.2. The topological polar surface area (TPSA) is 6.48 Å². The van der Waals surface area contributed by atoms with E-state index < -0.39 is 0 Å². The first kappa shape index (κ1) is 13.3. The van der Waals surface area contributed by atoms with Gasteiger partial charge < -0.3 is 0 Å². The summed E-state index contributed by atoms with van der Waals surface area (Å²) in [7, 11) is 0. The second kappa shape index (κ2) is 5.39. The summed E-state index contributed by atoms with van der Waals surface area (Å²) in [5, 5.41) is 0.227. The van der Waals surface area contributed by atoms with Gasteiger partial charge in [-0.05, 0) is 44.0 Å². The monoisotopic (exact) mass is 282 g/mol. The molecule has 3 rings (SSSR count). The Balaban J connectivity index is 1.70. The lowest BCUT2D eigenvalue weighted by Gasteiger charge is -2.42. The van der Waals surface area contributed by atoms with Gasteiger partial charge in [0, 0.05) is 31.7 Å². The predicted octanol–water partition coefficient (Wildman–Crippen LogP) is 3.15. The van der Waals surface area contributed by atoms with Crippen molar-refractivity contribution in [3.63, 3.8) is 0 Å². The minimum absolute atomic E-state index is 0.227. The van der Waals surface area contributed by atoms with Gasteiger partial charge in [-0.3, -0.25) is 9.80 Å². The summed E-state index contributed by atoms with van der Waals surface area (Å²) in [6, 6.07) is 6.33. The Morgan fingerprint density at radius 1 is 1.37 bits per heavy atom. The first-order valence-corrected chi connectivity index (χ1v) is 7.43. The summed E-state index contributed by atoms with van der Waals surface area (Å²) >= 11 is 5.86. The number of halogens is 2. The van der Waals surface area contributed by atoms with E-state index in [1.165, 1.54) is 25.5 Å². The molecule has 4 heteroatoms. The van der Waals surface area contributed by atoms with Crippen LogP contribution in [-0.4, -0.2) is 41.5 Å². The highest BCUT2D eigenvalue weighted by Crippen LogP contribution is 2.26. The Morgan fingerprint density at radius 2 is 2.21 bits per heavy atom. The number of hydrogen-bond donors (Lipinski definition) is 0. The average Bonchev–Trinajstić information content (AvgIpc) is 2.81. The number of rotatable bonds is 2. The van der Waals surface area contributed by atoms with Crippen LogP contribution in [0.25, 0.3) is 0 Å². The van der Waals surface area contributed by atoms with E-state index in [0.29, 0.717) is 12.1 Å². The highest BCUT2D eigenvalue weighted by Gasteiger charge is 2.34. The molecule has 0 saturated carbocycles. The molecule has 2 heterocycles. The summed E-state index contributed by atoms with van der Waals surface area (Å²) in [4.78, 5) is 5.11. The Morgan fingerprint density at radius 3 is 3.00 bits per heavy atom. The molecular formula is C15H20ClFN2. The van der Waals surface area contributed by atoms with E-state index in [2.05, 4.69) is 16.7 Å². The maximum Gasteiger partial charge on any atom is 0.141 e. The number of hydrogen-bond acceptors (Lipinski definition) is 2. The maximum atomic E-state index is 13.2. The molecule has 0 N–H and O–H groups in total. The van der Waals surface area contributed by atoms with Crippen LogP contribution >= 0.6 is 11.6 Å². The molecule has 2 atom stereocenters. The SMILES string of the molecule is CC1CN2CCCC2CN1Cc1ccc(F)c(Cl)c1. The molecule has 2 unspecified atom stereocenters. The van der Waals surface area contributed by atoms with Gasteiger partial charge in [0.05, 0.1) is 5.02 Å². The van der Waals surface area contributed by atoms with Crippen molar-refractivity contribution in [3.05, 3.63) is 34.6 Å². The zero-order valence-electron chi connectivity index (χ0n) is 11.3. The van der Waals surface area contributed by atoms with Crippen molar-refractivity contribution in [1.82, 2.24) is 9.80 Å². The quantitative estimate of drug-likeness (QED) is 0.822. The van der Waals surface area contributed by atoms with E-state index in [9.17, 15) is 4.39 Å². The molecule has 2 nitrogen and oxygen atoms in total. The smallest absolute Gasteiger partial charge is 0.141 e. The second-order valence-electron chi connectivity index (χ2n) is 5.82. The Hall–Kier alpha value is -0.640. The van der Waals surface area contributed by atoms with Crippen molar-refractivity contribution in [2.75, 3.05) is 19.6 Å². The summed E-state index contributed by atoms with van der Waals surface area (Å²) in [6.07, 6.45) is 2.64. The number of fused-ring (bicyclic) bond motifs is 1. The first-order chi connectivity index (χ1) is 9.13. The van der Waals surface area contributed by atoms with Crippen LogP contribution in [0.2, 0.25) is 5.02 Å². The average molecular weight is 283 g/mol. The molecule has 0 spiro atoms. The first-order valence-electron chi connectivity index (χ1n) is 7.05. The van der Waals surface area contributed by atoms with Crippen LogP contribution in [0.4, 0.5) is 4.39 Å². The minimum atomic E-state index is -0.334. The molecule has 1 aromatic rings. The minimum Gasteiger partial charge on any atom is -0.298 e. The third kappa shape index (κ3) is 2.78. The van der Waals surface area contributed by atoms with E-state index >= 15 is 0 Å². The highest BCUT2D eigenvalue weighted by atomic mass is 35.5. The molecule has 2 saturated heterocycles. The summed E-state index contributed by atoms with van der Waals surface area (Å²) in [5.74, 6) is -0.334. The van der Waals surface area contributed by atoms with E-state index in [0.717, 1.165) is 25.2 Å². The maximum absolute atomic E-state index is 13.2. The fourth-order valence-electron chi connectivity index (χ4n) is 3.34. The van der Waals surface area contributed by atoms with Gasteiger partial charge in [0.1, 0.15) is 5.82 Å². The fourth-order valence-corrected chi connectivity index (χ4v) is 3.54. The number of benzene rings is 1. The van der Waals surface area contributed by atoms with Crippen molar-refractivity contribution in [1.29, 1.82) is 0 Å². The molecule has 2 fully saturated rings. The fraction of sp³-hybridized carbons (Fsp3) is 0.600. The Labute approximate surface area is 119 Å². The van der Waals surface area contributed by atoms with Gasteiger partial charge in [-0.15, -0.1) is 0 Å². The van der Waals surface area contributed by atoms with Crippen molar-refractivity contribution >= 4 is 11.6 Å². The Kier molecular flexibility index (Phi) is 3.79. The van der Waals surface area contributed by atoms with Gasteiger partial charge >= 0.3 is 0 Å². The molecule has 19 heavy (non-hydrogen) atoms. The second-order valence-corrected chi connectivity index (χ2v) is 6.23. The summed E-state index contributed by atoms with van der Waals surface area (Å²) in [6.45, 7) is 6.67. The van der Waals surface area contributed by atoms with Gasteiger partial charge in [0.15, 0.2) is 0 Å². The van der Waals surface area contributed by atoms with Gasteiger partial charge in [-0.1, -0.05) is 17.7 Å². The predicted molar refractivity (Wildman–Crippen MR) is 75.9 cm³/mol. The third-order valence-corrected chi connectivity index (χ3v) is 4.73. The lowest BCUT2D eigenvalue weighted by Crippen LogP contribution is -2.54. The van der Waals surface area contributed by atoms with Crippen molar-refractivity contribution in [2.24, 2.45) is 0 Å². The molecular weight excluding hydrogens is 263 g/mol. The van der Waals surface area contributed by atoms with Crippen LogP contribution in [0.1, 0.15) is 25.3 Å². The number of piperazine rings is 1. The van der Waals surface area contributed by atoms with Gasteiger partial charge in [-0.25, -0.2) is 4.39 Å². The van der Waals surface area contributed by atoms with Crippen molar-refractivity contribution < 1.29 is 4.39 Å². The van der Waals surface area contributed by atoms with E-state index in [-0.39, 0.29) is 10.8 Å². The molecule has 0 aromatic heterocycles. The molecule has 0 amide bonds. The van der Waals surface area contributed by atoms with Crippen LogP contribution in [-0.2, 0) is 6.54 Å². The third-order valence-electron chi connectivity index (χ3n) is 4.44. The van der Waals surface area contributed by atoms with Crippen molar-refractivity contribution in [2.45, 2.75) is 38.4 Å². The molecule has 0 aliphatic carbocycles. The molecule has 0 radical (unpaired) electrons. The standard InChI is InChI=1S/C15H20ClFN2/c1-11-8-18-6-2-3-13(18)10-19(11)9-12-4-5-15(17)14(16)7-12/h4-5,7,11,13H,2-3,6,8-10H2,1H3. The van der Waals surface area contributed by atoms with Crippen LogP contribution in [0.5, 0.6) is 0 Å². The molecule has 1 aromatic carbocycles. The van der Waals surface area contributed by atoms with Gasteiger partial charge in [0.25, 0.3) is 0 Å². The lowest BCUT2D eigenvalue weighted by atomic mass is 10.1. The lowest BCUT2D eigenvalue weighted by molar-refractivity contribution is 0.0540. The molecule has 2 aliphatic rings. The molecule has 2 aliphatic heterocycles. The van der Waals surface area contributed by atoms with Gasteiger partial charge in [0.2, 0.25) is 0 Å². The number of nitrogens with zero attached hydrogens (tertiary/aromatic N) is 2.